The van der Waals surface area contributed by atoms with Gasteiger partial charge in [-0.3, -0.25) is 4.79 Å². The molecule has 0 saturated carbocycles. The van der Waals surface area contributed by atoms with E-state index < -0.39 is 11.6 Å². The third-order valence-electron chi connectivity index (χ3n) is 1.95. The first kappa shape index (κ1) is 11.5. The molecule has 82 valence electrons. The number of methoxy groups -OCH3 is 2. The van der Waals surface area contributed by atoms with Crippen LogP contribution >= 0.6 is 0 Å². The normalized spacial score (nSPS) is 9.87. The molecule has 0 bridgehead atoms. The highest BCUT2D eigenvalue weighted by Gasteiger charge is 2.18. The van der Waals surface area contributed by atoms with Crippen LogP contribution in [0.15, 0.2) is 12.1 Å². The second-order valence-electron chi connectivity index (χ2n) is 2.81. The first-order chi connectivity index (χ1) is 7.13. The van der Waals surface area contributed by atoms with Crippen molar-refractivity contribution in [2.24, 2.45) is 5.73 Å². The summed E-state index contributed by atoms with van der Waals surface area (Å²) in [6.45, 7) is -0.264. The van der Waals surface area contributed by atoms with Gasteiger partial charge in [0.05, 0.1) is 26.3 Å². The minimum atomic E-state index is -0.693. The summed E-state index contributed by atoms with van der Waals surface area (Å²) >= 11 is 0. The molecule has 0 aliphatic heterocycles. The van der Waals surface area contributed by atoms with E-state index in [1.165, 1.54) is 20.3 Å². The van der Waals surface area contributed by atoms with Gasteiger partial charge in [-0.1, -0.05) is 0 Å². The molecule has 1 aromatic carbocycles. The smallest absolute Gasteiger partial charge is 0.183 e. The monoisotopic (exact) mass is 213 g/mol. The lowest BCUT2D eigenvalue weighted by molar-refractivity contribution is 0.0994. The lowest BCUT2D eigenvalue weighted by Crippen LogP contribution is -2.16. The third kappa shape index (κ3) is 2.24. The highest BCUT2D eigenvalue weighted by atomic mass is 19.1. The van der Waals surface area contributed by atoms with Crippen molar-refractivity contribution >= 4 is 5.78 Å². The van der Waals surface area contributed by atoms with Crippen molar-refractivity contribution in [3.8, 4) is 11.5 Å². The minimum absolute atomic E-state index is 0.127. The van der Waals surface area contributed by atoms with Gasteiger partial charge in [0.1, 0.15) is 17.3 Å². The van der Waals surface area contributed by atoms with Crippen molar-refractivity contribution in [3.05, 3.63) is 23.5 Å². The van der Waals surface area contributed by atoms with Crippen LogP contribution < -0.4 is 15.2 Å². The molecule has 0 radical (unpaired) electrons. The van der Waals surface area contributed by atoms with Crippen molar-refractivity contribution in [2.75, 3.05) is 20.8 Å². The van der Waals surface area contributed by atoms with Crippen molar-refractivity contribution in [1.29, 1.82) is 0 Å². The third-order valence-corrected chi connectivity index (χ3v) is 1.95. The zero-order valence-corrected chi connectivity index (χ0v) is 8.54. The van der Waals surface area contributed by atoms with E-state index in [0.717, 1.165) is 6.07 Å². The fourth-order valence-electron chi connectivity index (χ4n) is 1.21. The molecule has 1 aromatic rings. The lowest BCUT2D eigenvalue weighted by Gasteiger charge is -2.09. The van der Waals surface area contributed by atoms with Gasteiger partial charge in [0.25, 0.3) is 0 Å². The van der Waals surface area contributed by atoms with Crippen LogP contribution in [-0.2, 0) is 0 Å². The Hall–Kier alpha value is -1.62. The van der Waals surface area contributed by atoms with Gasteiger partial charge in [0.15, 0.2) is 5.78 Å². The number of halogens is 1. The van der Waals surface area contributed by atoms with Gasteiger partial charge in [-0.15, -0.1) is 0 Å². The zero-order valence-electron chi connectivity index (χ0n) is 8.54. The number of ketones is 1. The van der Waals surface area contributed by atoms with Crippen molar-refractivity contribution in [3.63, 3.8) is 0 Å². The van der Waals surface area contributed by atoms with E-state index in [1.807, 2.05) is 0 Å². The zero-order chi connectivity index (χ0) is 11.4. The number of nitrogens with two attached hydrogens (primary N) is 1. The van der Waals surface area contributed by atoms with Crippen molar-refractivity contribution in [1.82, 2.24) is 0 Å². The molecule has 4 nitrogen and oxygen atoms in total. The number of ether oxygens (including phenoxy) is 2. The predicted octanol–water partition coefficient (Wildman–Crippen LogP) is 0.984. The molecule has 0 amide bonds. The highest BCUT2D eigenvalue weighted by Crippen LogP contribution is 2.27. The summed E-state index contributed by atoms with van der Waals surface area (Å²) in [6.07, 6.45) is 0. The molecule has 0 fully saturated rings. The van der Waals surface area contributed by atoms with Gasteiger partial charge in [-0.2, -0.15) is 0 Å². The van der Waals surface area contributed by atoms with Crippen molar-refractivity contribution in [2.45, 2.75) is 0 Å². The van der Waals surface area contributed by atoms with Gasteiger partial charge in [0.2, 0.25) is 0 Å². The van der Waals surface area contributed by atoms with Crippen LogP contribution in [0, 0.1) is 5.82 Å². The van der Waals surface area contributed by atoms with Crippen LogP contribution in [0.2, 0.25) is 0 Å². The van der Waals surface area contributed by atoms with Gasteiger partial charge in [0, 0.05) is 12.1 Å². The Bertz CT molecular complexity index is 379. The summed E-state index contributed by atoms with van der Waals surface area (Å²) in [5, 5.41) is 0. The van der Waals surface area contributed by atoms with Gasteiger partial charge in [-0.25, -0.2) is 4.39 Å². The Morgan fingerprint density at radius 2 is 2.07 bits per heavy atom. The lowest BCUT2D eigenvalue weighted by atomic mass is 10.1. The summed E-state index contributed by atoms with van der Waals surface area (Å²) < 4.78 is 23.2. The van der Waals surface area contributed by atoms with Crippen LogP contribution in [0.1, 0.15) is 10.4 Å². The van der Waals surface area contributed by atoms with Gasteiger partial charge >= 0.3 is 0 Å². The number of carbonyl (C=O) groups is 1. The van der Waals surface area contributed by atoms with Crippen LogP contribution in [0.3, 0.4) is 0 Å². The van der Waals surface area contributed by atoms with E-state index >= 15 is 0 Å². The molecular weight excluding hydrogens is 201 g/mol. The van der Waals surface area contributed by atoms with Crippen LogP contribution in [0.5, 0.6) is 11.5 Å². The SMILES string of the molecule is COc1cc(F)c(C(=O)CN)c(OC)c1. The number of hydrogen-bond donors (Lipinski definition) is 1. The average molecular weight is 213 g/mol. The van der Waals surface area contributed by atoms with E-state index in [2.05, 4.69) is 0 Å². The first-order valence-corrected chi connectivity index (χ1v) is 4.28. The Morgan fingerprint density at radius 3 is 2.53 bits per heavy atom. The maximum absolute atomic E-state index is 13.5. The maximum atomic E-state index is 13.5. The molecule has 1 rings (SSSR count). The molecule has 2 N–H and O–H groups in total. The quantitative estimate of drug-likeness (QED) is 0.757. The van der Waals surface area contributed by atoms with E-state index in [0.29, 0.717) is 0 Å². The molecule has 15 heavy (non-hydrogen) atoms. The van der Waals surface area contributed by atoms with Crippen molar-refractivity contribution < 1.29 is 18.7 Å². The Kier molecular flexibility index (Phi) is 3.62. The molecule has 0 unspecified atom stereocenters. The van der Waals surface area contributed by atoms with Crippen LogP contribution in [0.4, 0.5) is 4.39 Å². The summed E-state index contributed by atoms with van der Waals surface area (Å²) in [6, 6.07) is 2.55. The fourth-order valence-corrected chi connectivity index (χ4v) is 1.21. The molecule has 0 aliphatic carbocycles. The Labute approximate surface area is 86.8 Å². The summed E-state index contributed by atoms with van der Waals surface area (Å²) in [5.41, 5.74) is 5.03. The van der Waals surface area contributed by atoms with Crippen LogP contribution in [0.25, 0.3) is 0 Å². The minimum Gasteiger partial charge on any atom is -0.497 e. The standard InChI is InChI=1S/C10H12FNO3/c1-14-6-3-7(11)10(8(13)5-12)9(4-6)15-2/h3-4H,5,12H2,1-2H3. The number of hydrogen-bond acceptors (Lipinski definition) is 4. The summed E-state index contributed by atoms with van der Waals surface area (Å²) in [5.74, 6) is -0.783. The number of Topliss-reactive ketones (excluding diaryl/α,β-unsaturated/α-hetero) is 1. The van der Waals surface area contributed by atoms with Gasteiger partial charge < -0.3 is 15.2 Å². The topological polar surface area (TPSA) is 61.5 Å². The number of benzene rings is 1. The predicted molar refractivity (Wildman–Crippen MR) is 52.9 cm³/mol. The maximum Gasteiger partial charge on any atom is 0.183 e. The largest absolute Gasteiger partial charge is 0.497 e. The number of rotatable bonds is 4. The van der Waals surface area contributed by atoms with E-state index in [4.69, 9.17) is 15.2 Å². The summed E-state index contributed by atoms with van der Waals surface area (Å²) in [7, 11) is 2.75. The van der Waals surface area contributed by atoms with E-state index in [9.17, 15) is 9.18 Å². The molecule has 0 saturated heterocycles. The van der Waals surface area contributed by atoms with E-state index in [-0.39, 0.29) is 23.6 Å². The Balaban J connectivity index is 3.30. The molecule has 0 aliphatic rings. The molecule has 0 atom stereocenters. The van der Waals surface area contributed by atoms with Crippen LogP contribution in [-0.4, -0.2) is 26.5 Å². The fraction of sp³-hybridized carbons (Fsp3) is 0.300. The van der Waals surface area contributed by atoms with E-state index in [1.54, 1.807) is 0 Å². The summed E-state index contributed by atoms with van der Waals surface area (Å²) in [4.78, 5) is 11.3. The Morgan fingerprint density at radius 1 is 1.40 bits per heavy atom. The first-order valence-electron chi connectivity index (χ1n) is 4.28. The molecular formula is C10H12FNO3. The highest BCUT2D eigenvalue weighted by molar-refractivity contribution is 6.00. The molecule has 0 aromatic heterocycles. The molecule has 0 spiro atoms. The number of carbonyl (C=O) groups excluding carboxylic acids is 1. The van der Waals surface area contributed by atoms with Gasteiger partial charge in [-0.05, 0) is 0 Å². The molecule has 0 heterocycles. The molecule has 5 heteroatoms. The average Bonchev–Trinajstić information content (AvgIpc) is 2.26. The second-order valence-corrected chi connectivity index (χ2v) is 2.81. The second kappa shape index (κ2) is 4.75.